The number of fused-ring (bicyclic) bond motifs is 1. The van der Waals surface area contributed by atoms with Gasteiger partial charge in [-0.3, -0.25) is 28.8 Å². The number of thiophene rings is 1. The molecule has 0 spiro atoms. The number of rotatable bonds is 10. The van der Waals surface area contributed by atoms with Crippen molar-refractivity contribution >= 4 is 51.1 Å². The second-order valence-electron chi connectivity index (χ2n) is 14.5. The minimum absolute atomic E-state index is 0.0580. The minimum atomic E-state index is -4.15. The highest BCUT2D eigenvalue weighted by Crippen LogP contribution is 2.48. The van der Waals surface area contributed by atoms with Crippen LogP contribution in [0.4, 0.5) is 18.0 Å². The molecule has 2 aliphatic carbocycles. The molecule has 5 amide bonds. The molecule has 6 rings (SSSR count). The Bertz CT molecular complexity index is 1850. The third kappa shape index (κ3) is 7.43. The zero-order valence-electron chi connectivity index (χ0n) is 28.0. The first kappa shape index (κ1) is 36.6. The van der Waals surface area contributed by atoms with E-state index in [1.807, 2.05) is 4.72 Å². The topological polar surface area (TPSA) is 171 Å². The van der Waals surface area contributed by atoms with Gasteiger partial charge in [-0.1, -0.05) is 39.0 Å². The van der Waals surface area contributed by atoms with Gasteiger partial charge >= 0.3 is 6.09 Å². The number of sulfonamides is 1. The Morgan fingerprint density at radius 2 is 1.78 bits per heavy atom. The standard InChI is InChI=1S/C33H38F3N5O8S2/c1-32(2,3)25(37-28(43)24-8-5-11-50-24)29(44)41-15-18(49-31(46)40-14-17-6-4-7-22(34)20(17)16-40)12-23(41)27(42)38-33(13-21(33)26(35)36)30(45)39-51(47,48)19-9-10-19/h4-8,11,18-19,21,23,25-26H,9-10,12-16H2,1-3H3,(H,37,43)(H,38,42)(H,39,45)/t18-,21+,23?,25-,33+/m1/s1. The molecule has 2 saturated carbocycles. The van der Waals surface area contributed by atoms with Gasteiger partial charge in [0.15, 0.2) is 0 Å². The van der Waals surface area contributed by atoms with Gasteiger partial charge in [-0.2, -0.15) is 0 Å². The zero-order valence-corrected chi connectivity index (χ0v) is 29.6. The molecule has 4 aliphatic rings. The molecule has 3 fully saturated rings. The van der Waals surface area contributed by atoms with Crippen LogP contribution < -0.4 is 15.4 Å². The average molecular weight is 754 g/mol. The van der Waals surface area contributed by atoms with Crippen molar-refractivity contribution < 1.29 is 50.3 Å². The van der Waals surface area contributed by atoms with E-state index in [1.54, 1.807) is 44.4 Å². The van der Waals surface area contributed by atoms with Gasteiger partial charge in [0.2, 0.25) is 28.3 Å². The zero-order chi connectivity index (χ0) is 37.0. The molecule has 51 heavy (non-hydrogen) atoms. The lowest BCUT2D eigenvalue weighted by Crippen LogP contribution is -2.60. The largest absolute Gasteiger partial charge is 0.444 e. The van der Waals surface area contributed by atoms with E-state index >= 15 is 0 Å². The van der Waals surface area contributed by atoms with Crippen LogP contribution in [0.2, 0.25) is 0 Å². The lowest BCUT2D eigenvalue weighted by atomic mass is 9.85. The summed E-state index contributed by atoms with van der Waals surface area (Å²) in [5.41, 5.74) is -2.26. The summed E-state index contributed by atoms with van der Waals surface area (Å²) in [6.45, 7) is 4.71. The van der Waals surface area contributed by atoms with Crippen molar-refractivity contribution in [1.29, 1.82) is 0 Å². The first-order valence-electron chi connectivity index (χ1n) is 16.4. The Hall–Kier alpha value is -4.19. The third-order valence-electron chi connectivity index (χ3n) is 9.70. The van der Waals surface area contributed by atoms with Crippen LogP contribution in [0.3, 0.4) is 0 Å². The fraction of sp³-hybridized carbons (Fsp3) is 0.545. The molecule has 1 saturated heterocycles. The van der Waals surface area contributed by atoms with Gasteiger partial charge in [0.1, 0.15) is 29.5 Å². The molecule has 1 unspecified atom stereocenters. The molecule has 2 aliphatic heterocycles. The number of nitrogens with one attached hydrogen (secondary N) is 3. The summed E-state index contributed by atoms with van der Waals surface area (Å²) in [5, 5.41) is 5.89. The number of likely N-dealkylation sites (tertiary alicyclic amines) is 1. The second-order valence-corrected chi connectivity index (χ2v) is 17.4. The molecular formula is C33H38F3N5O8S2. The lowest BCUT2D eigenvalue weighted by Gasteiger charge is -2.35. The van der Waals surface area contributed by atoms with E-state index in [0.29, 0.717) is 28.8 Å². The van der Waals surface area contributed by atoms with Crippen LogP contribution in [0.15, 0.2) is 35.7 Å². The predicted octanol–water partition coefficient (Wildman–Crippen LogP) is 2.90. The van der Waals surface area contributed by atoms with E-state index < -0.39 is 98.7 Å². The number of hydrogen-bond acceptors (Lipinski definition) is 9. The Kier molecular flexibility index (Phi) is 9.63. The number of carbonyl (C=O) groups is 5. The highest BCUT2D eigenvalue weighted by Gasteiger charge is 2.67. The molecule has 3 N–H and O–H groups in total. The summed E-state index contributed by atoms with van der Waals surface area (Å²) in [6.07, 6.45) is -5.29. The third-order valence-corrected chi connectivity index (χ3v) is 12.4. The van der Waals surface area contributed by atoms with Crippen LogP contribution in [-0.4, -0.2) is 89.9 Å². The van der Waals surface area contributed by atoms with Gasteiger partial charge in [-0.15, -0.1) is 11.3 Å². The monoisotopic (exact) mass is 753 g/mol. The second kappa shape index (κ2) is 13.4. The van der Waals surface area contributed by atoms with Crippen molar-refractivity contribution in [3.8, 4) is 0 Å². The molecule has 276 valence electrons. The van der Waals surface area contributed by atoms with Gasteiger partial charge in [-0.25, -0.2) is 26.4 Å². The maximum Gasteiger partial charge on any atom is 0.410 e. The van der Waals surface area contributed by atoms with E-state index in [2.05, 4.69) is 10.6 Å². The van der Waals surface area contributed by atoms with Crippen molar-refractivity contribution in [3.63, 3.8) is 0 Å². The summed E-state index contributed by atoms with van der Waals surface area (Å²) in [4.78, 5) is 70.6. The average Bonchev–Trinajstić information content (AvgIpc) is 3.84. The number of carbonyl (C=O) groups excluding carboxylic acids is 5. The molecular weight excluding hydrogens is 716 g/mol. The predicted molar refractivity (Wildman–Crippen MR) is 176 cm³/mol. The van der Waals surface area contributed by atoms with E-state index in [4.69, 9.17) is 4.74 Å². The molecule has 18 heteroatoms. The minimum Gasteiger partial charge on any atom is -0.444 e. The number of halogens is 3. The number of ether oxygens (including phenoxy) is 1. The first-order chi connectivity index (χ1) is 23.9. The molecule has 2 aromatic rings. The van der Waals surface area contributed by atoms with Crippen LogP contribution >= 0.6 is 11.3 Å². The van der Waals surface area contributed by atoms with E-state index in [0.717, 1.165) is 16.2 Å². The fourth-order valence-electron chi connectivity index (χ4n) is 6.57. The summed E-state index contributed by atoms with van der Waals surface area (Å²) in [7, 11) is -4.15. The maximum atomic E-state index is 14.4. The van der Waals surface area contributed by atoms with Crippen LogP contribution in [0.5, 0.6) is 0 Å². The van der Waals surface area contributed by atoms with Crippen LogP contribution in [0, 0.1) is 17.2 Å². The molecule has 0 radical (unpaired) electrons. The number of amides is 5. The molecule has 3 heterocycles. The maximum absolute atomic E-state index is 14.4. The Labute approximate surface area is 296 Å². The quantitative estimate of drug-likeness (QED) is 0.333. The number of hydrogen-bond donors (Lipinski definition) is 3. The van der Waals surface area contributed by atoms with E-state index in [-0.39, 0.29) is 26.1 Å². The van der Waals surface area contributed by atoms with Crippen LogP contribution in [-0.2, 0) is 42.2 Å². The molecule has 0 bridgehead atoms. The number of benzene rings is 1. The normalized spacial score (nSPS) is 24.9. The van der Waals surface area contributed by atoms with Gasteiger partial charge in [0.25, 0.3) is 11.8 Å². The fourth-order valence-corrected chi connectivity index (χ4v) is 8.56. The highest BCUT2D eigenvalue weighted by molar-refractivity contribution is 7.91. The Morgan fingerprint density at radius 3 is 2.37 bits per heavy atom. The van der Waals surface area contributed by atoms with Gasteiger partial charge < -0.3 is 20.3 Å². The van der Waals surface area contributed by atoms with Crippen LogP contribution in [0.25, 0.3) is 0 Å². The Morgan fingerprint density at radius 1 is 1.06 bits per heavy atom. The van der Waals surface area contributed by atoms with Gasteiger partial charge in [0, 0.05) is 18.5 Å². The first-order valence-corrected chi connectivity index (χ1v) is 18.9. The van der Waals surface area contributed by atoms with Crippen molar-refractivity contribution in [2.45, 2.75) is 94.9 Å². The molecule has 1 aromatic carbocycles. The summed E-state index contributed by atoms with van der Waals surface area (Å²) in [6, 6.07) is 4.99. The number of nitrogens with zero attached hydrogens (tertiary/aromatic N) is 2. The highest BCUT2D eigenvalue weighted by atomic mass is 32.2. The van der Waals surface area contributed by atoms with Crippen molar-refractivity contribution in [3.05, 3.63) is 57.5 Å². The van der Waals surface area contributed by atoms with Crippen molar-refractivity contribution in [2.24, 2.45) is 11.3 Å². The Balaban J connectivity index is 1.25. The SMILES string of the molecule is CC(C)(C)[C@H](NC(=O)c1cccs1)C(=O)N1C[C@H](OC(=O)N2Cc3cccc(F)c3C2)CC1C(=O)N[C@@]1(C(=O)NS(=O)(=O)C2CC2)C[C@H]1C(F)F. The summed E-state index contributed by atoms with van der Waals surface area (Å²) < 4.78 is 75.0. The lowest BCUT2D eigenvalue weighted by molar-refractivity contribution is -0.143. The van der Waals surface area contributed by atoms with Gasteiger partial charge in [-0.05, 0) is 47.8 Å². The molecule has 1 aromatic heterocycles. The van der Waals surface area contributed by atoms with Crippen molar-refractivity contribution in [2.75, 3.05) is 6.54 Å². The van der Waals surface area contributed by atoms with E-state index in [1.165, 1.54) is 17.0 Å². The summed E-state index contributed by atoms with van der Waals surface area (Å²) >= 11 is 1.15. The van der Waals surface area contributed by atoms with Gasteiger partial charge in [0.05, 0.1) is 29.1 Å². The smallest absolute Gasteiger partial charge is 0.410 e. The van der Waals surface area contributed by atoms with Crippen LogP contribution in [0.1, 0.15) is 67.3 Å². The molecule has 13 nitrogen and oxygen atoms in total. The van der Waals surface area contributed by atoms with E-state index in [9.17, 15) is 45.6 Å². The summed E-state index contributed by atoms with van der Waals surface area (Å²) in [5.74, 6) is -5.81. The molecule has 5 atom stereocenters. The van der Waals surface area contributed by atoms with Crippen molar-refractivity contribution in [1.82, 2.24) is 25.2 Å². The number of alkyl halides is 2.